The maximum atomic E-state index is 16.2. The van der Waals surface area contributed by atoms with Crippen LogP contribution < -0.4 is 9.47 Å². The van der Waals surface area contributed by atoms with Crippen molar-refractivity contribution in [1.29, 1.82) is 0 Å². The number of halogens is 4. The van der Waals surface area contributed by atoms with E-state index >= 15 is 17.6 Å². The third kappa shape index (κ3) is 14.6. The molecule has 0 N–H and O–H groups in total. The lowest BCUT2D eigenvalue weighted by atomic mass is 9.67. The first-order valence-corrected chi connectivity index (χ1v) is 27.0. The van der Waals surface area contributed by atoms with Crippen molar-refractivity contribution in [2.75, 3.05) is 26.4 Å². The summed E-state index contributed by atoms with van der Waals surface area (Å²) in [4.78, 5) is 0. The lowest BCUT2D eigenvalue weighted by molar-refractivity contribution is 0.153. The normalized spacial score (nSPS) is 26.9. The summed E-state index contributed by atoms with van der Waals surface area (Å²) in [7, 11) is 0. The minimum atomic E-state index is -0.929. The van der Waals surface area contributed by atoms with Gasteiger partial charge < -0.3 is 14.2 Å². The molecule has 4 aliphatic rings. The molecule has 364 valence electrons. The van der Waals surface area contributed by atoms with Crippen molar-refractivity contribution in [1.82, 2.24) is 0 Å². The van der Waals surface area contributed by atoms with Crippen molar-refractivity contribution < 1.29 is 31.8 Å². The Hall–Kier alpha value is -2.80. The average Bonchev–Trinajstić information content (AvgIpc) is 3.33. The maximum Gasteiger partial charge on any atom is 0.201 e. The Bertz CT molecular complexity index is 1630. The van der Waals surface area contributed by atoms with E-state index in [-0.39, 0.29) is 47.7 Å². The van der Waals surface area contributed by atoms with E-state index in [1.807, 2.05) is 12.2 Å². The van der Waals surface area contributed by atoms with E-state index in [0.717, 1.165) is 125 Å². The van der Waals surface area contributed by atoms with Gasteiger partial charge in [-0.3, -0.25) is 0 Å². The van der Waals surface area contributed by atoms with Crippen LogP contribution in [0.4, 0.5) is 17.6 Å². The largest absolute Gasteiger partial charge is 0.490 e. The van der Waals surface area contributed by atoms with Crippen LogP contribution in [0.2, 0.25) is 0 Å². The predicted octanol–water partition coefficient (Wildman–Crippen LogP) is 17.7. The number of unbranched alkanes of at least 4 members (excludes halogenated alkanes) is 4. The summed E-state index contributed by atoms with van der Waals surface area (Å²) in [5.74, 6) is 1.23. The van der Waals surface area contributed by atoms with Gasteiger partial charge in [-0.15, -0.1) is 0 Å². The third-order valence-corrected chi connectivity index (χ3v) is 16.5. The Morgan fingerprint density at radius 1 is 0.446 bits per heavy atom. The molecule has 7 heteroatoms. The SMILES string of the molecule is CCCCCOc1ccc(C(=CCOCC=C(c2ccc(OCCCCC)c(F)c2F)C2CCC(C3CCC(CCC)CC3)CC2)C2CCC(C3CCC(CCC)CC3)CC2)c(F)c1F. The van der Waals surface area contributed by atoms with Gasteiger partial charge in [0.2, 0.25) is 11.6 Å². The van der Waals surface area contributed by atoms with Crippen LogP contribution in [0.1, 0.15) is 206 Å². The van der Waals surface area contributed by atoms with Gasteiger partial charge in [0.1, 0.15) is 0 Å². The van der Waals surface area contributed by atoms with Crippen molar-refractivity contribution in [3.05, 3.63) is 70.8 Å². The molecule has 4 fully saturated rings. The molecule has 0 atom stereocenters. The molecule has 0 heterocycles. The predicted molar refractivity (Wildman–Crippen MR) is 261 cm³/mol. The number of allylic oxidation sites excluding steroid dienone is 2. The summed E-state index contributed by atoms with van der Waals surface area (Å²) in [6.07, 6.45) is 33.6. The first-order valence-electron chi connectivity index (χ1n) is 27.0. The van der Waals surface area contributed by atoms with Crippen LogP contribution in [-0.4, -0.2) is 26.4 Å². The Morgan fingerprint density at radius 2 is 0.800 bits per heavy atom. The van der Waals surface area contributed by atoms with E-state index in [4.69, 9.17) is 14.2 Å². The second-order valence-corrected chi connectivity index (χ2v) is 20.8. The fourth-order valence-electron chi connectivity index (χ4n) is 12.7. The first-order chi connectivity index (χ1) is 31.8. The van der Waals surface area contributed by atoms with Crippen LogP contribution in [0.3, 0.4) is 0 Å². The van der Waals surface area contributed by atoms with Gasteiger partial charge in [0.25, 0.3) is 0 Å². The Labute approximate surface area is 392 Å². The van der Waals surface area contributed by atoms with Gasteiger partial charge in [0.15, 0.2) is 23.1 Å². The molecule has 4 aliphatic carbocycles. The smallest absolute Gasteiger partial charge is 0.201 e. The highest BCUT2D eigenvalue weighted by Gasteiger charge is 2.35. The monoisotopic (exact) mass is 907 g/mol. The van der Waals surface area contributed by atoms with Gasteiger partial charge in [-0.25, -0.2) is 8.78 Å². The minimum Gasteiger partial charge on any atom is -0.490 e. The molecule has 0 aliphatic heterocycles. The lowest BCUT2D eigenvalue weighted by Crippen LogP contribution is -2.26. The maximum absolute atomic E-state index is 16.2. The minimum absolute atomic E-state index is 0.0360. The summed E-state index contributed by atoms with van der Waals surface area (Å²) < 4.78 is 81.4. The number of benzene rings is 2. The zero-order valence-corrected chi connectivity index (χ0v) is 41.0. The molecule has 0 bridgehead atoms. The van der Waals surface area contributed by atoms with Crippen molar-refractivity contribution in [2.45, 2.75) is 195 Å². The highest BCUT2D eigenvalue weighted by atomic mass is 19.2. The van der Waals surface area contributed by atoms with E-state index in [0.29, 0.717) is 25.0 Å². The van der Waals surface area contributed by atoms with Gasteiger partial charge in [0.05, 0.1) is 26.4 Å². The molecule has 0 radical (unpaired) electrons. The number of ether oxygens (including phenoxy) is 3. The summed E-state index contributed by atoms with van der Waals surface area (Å²) in [5.41, 5.74) is 2.18. The van der Waals surface area contributed by atoms with Crippen LogP contribution in [0.15, 0.2) is 36.4 Å². The average molecular weight is 907 g/mol. The molecule has 4 saturated carbocycles. The highest BCUT2D eigenvalue weighted by molar-refractivity contribution is 5.70. The lowest BCUT2D eigenvalue weighted by Gasteiger charge is -2.38. The van der Waals surface area contributed by atoms with Crippen LogP contribution in [0.25, 0.3) is 11.1 Å². The van der Waals surface area contributed by atoms with Gasteiger partial charge in [-0.2, -0.15) is 8.78 Å². The molecule has 0 spiro atoms. The molecule has 6 rings (SSSR count). The van der Waals surface area contributed by atoms with Gasteiger partial charge in [0, 0.05) is 11.1 Å². The molecule has 0 amide bonds. The van der Waals surface area contributed by atoms with E-state index < -0.39 is 23.3 Å². The molecule has 0 unspecified atom stereocenters. The zero-order valence-electron chi connectivity index (χ0n) is 41.0. The van der Waals surface area contributed by atoms with Crippen LogP contribution in [0, 0.1) is 70.6 Å². The molecule has 2 aromatic rings. The van der Waals surface area contributed by atoms with E-state index in [1.54, 1.807) is 24.3 Å². The van der Waals surface area contributed by atoms with Gasteiger partial charge in [-0.05, 0) is 173 Å². The van der Waals surface area contributed by atoms with Crippen LogP contribution >= 0.6 is 0 Å². The summed E-state index contributed by atoms with van der Waals surface area (Å²) >= 11 is 0. The molecule has 0 aromatic heterocycles. The van der Waals surface area contributed by atoms with Crippen molar-refractivity contribution in [3.8, 4) is 11.5 Å². The Balaban J connectivity index is 1.18. The Morgan fingerprint density at radius 3 is 1.14 bits per heavy atom. The van der Waals surface area contributed by atoms with Gasteiger partial charge >= 0.3 is 0 Å². The second kappa shape index (κ2) is 27.3. The van der Waals surface area contributed by atoms with E-state index in [9.17, 15) is 0 Å². The van der Waals surface area contributed by atoms with E-state index in [1.165, 1.54) is 77.0 Å². The van der Waals surface area contributed by atoms with E-state index in [2.05, 4.69) is 27.7 Å². The van der Waals surface area contributed by atoms with Crippen molar-refractivity contribution >= 4 is 11.1 Å². The van der Waals surface area contributed by atoms with Crippen molar-refractivity contribution in [2.24, 2.45) is 47.3 Å². The van der Waals surface area contributed by atoms with Crippen LogP contribution in [-0.2, 0) is 4.74 Å². The first kappa shape index (κ1) is 51.6. The highest BCUT2D eigenvalue weighted by Crippen LogP contribution is 2.48. The molecular weight excluding hydrogens is 821 g/mol. The fourth-order valence-corrected chi connectivity index (χ4v) is 12.7. The molecular formula is C58H86F4O3. The molecule has 65 heavy (non-hydrogen) atoms. The van der Waals surface area contributed by atoms with Crippen LogP contribution in [0.5, 0.6) is 11.5 Å². The molecule has 2 aromatic carbocycles. The summed E-state index contributed by atoms with van der Waals surface area (Å²) in [6.45, 7) is 9.90. The summed E-state index contributed by atoms with van der Waals surface area (Å²) in [5, 5.41) is 0. The number of hydrogen-bond acceptors (Lipinski definition) is 3. The third-order valence-electron chi connectivity index (χ3n) is 16.5. The number of rotatable bonds is 24. The Kier molecular flexibility index (Phi) is 21.6. The molecule has 3 nitrogen and oxygen atoms in total. The quantitative estimate of drug-likeness (QED) is 0.0776. The topological polar surface area (TPSA) is 27.7 Å². The van der Waals surface area contributed by atoms with Gasteiger partial charge in [-0.1, -0.05) is 117 Å². The second-order valence-electron chi connectivity index (χ2n) is 20.8. The standard InChI is InChI=1S/C58H86F4O3/c1-5-9-11-37-64-53-33-31-51(55(59)57(53)61)49(47-27-23-45(24-28-47)43-19-15-41(13-7-3)16-20-43)35-39-63-40-36-50(52-32-34-54(58(62)56(52)60)65-38-12-10-6-2)48-29-25-46(26-30-48)44-21-17-42(14-8-4)18-22-44/h31-36,41-48H,5-30,37-40H2,1-4H3. The number of hydrogen-bond donors (Lipinski definition) is 0. The molecule has 0 saturated heterocycles. The van der Waals surface area contributed by atoms with Crippen molar-refractivity contribution in [3.63, 3.8) is 0 Å². The zero-order chi connectivity index (χ0) is 46.0. The fraction of sp³-hybridized carbons (Fsp3) is 0.724. The summed E-state index contributed by atoms with van der Waals surface area (Å²) in [6, 6.07) is 6.57.